The molecular weight excluding hydrogens is 471 g/mol. The summed E-state index contributed by atoms with van der Waals surface area (Å²) in [4.78, 5) is 20.0. The van der Waals surface area contributed by atoms with E-state index in [1.807, 2.05) is 21.8 Å². The topological polar surface area (TPSA) is 51.0 Å². The van der Waals surface area contributed by atoms with E-state index in [0.717, 1.165) is 35.0 Å². The molecule has 36 heavy (non-hydrogen) atoms. The largest absolute Gasteiger partial charge is 0.337 e. The van der Waals surface area contributed by atoms with Crippen molar-refractivity contribution in [1.82, 2.24) is 19.7 Å². The van der Waals surface area contributed by atoms with Crippen molar-refractivity contribution in [3.8, 4) is 5.69 Å². The lowest BCUT2D eigenvalue weighted by atomic mass is 9.73. The van der Waals surface area contributed by atoms with Gasteiger partial charge in [-0.05, 0) is 72.9 Å². The SMILES string of the molecule is Cc1cc2c(cnn2-c2ccc(F)cc2)cc1C1(Cc2ccccc2)CCN(C(=O)c2cncs2)C1. The number of rotatable bonds is 5. The molecular formula is C29H25FN4OS. The number of thiazole rings is 1. The first-order valence-electron chi connectivity index (χ1n) is 12.0. The van der Waals surface area contributed by atoms with Crippen LogP contribution in [0, 0.1) is 12.7 Å². The van der Waals surface area contributed by atoms with Gasteiger partial charge in [-0.3, -0.25) is 9.78 Å². The zero-order valence-corrected chi connectivity index (χ0v) is 20.7. The van der Waals surface area contributed by atoms with Gasteiger partial charge in [-0.25, -0.2) is 9.07 Å². The maximum absolute atomic E-state index is 13.5. The van der Waals surface area contributed by atoms with Crippen LogP contribution in [0.15, 0.2) is 84.6 Å². The van der Waals surface area contributed by atoms with E-state index in [0.29, 0.717) is 18.0 Å². The fourth-order valence-electron chi connectivity index (χ4n) is 5.51. The van der Waals surface area contributed by atoms with Gasteiger partial charge in [-0.15, -0.1) is 11.3 Å². The number of fused-ring (bicyclic) bond motifs is 1. The summed E-state index contributed by atoms with van der Waals surface area (Å²) in [5.74, 6) is -0.217. The maximum Gasteiger partial charge on any atom is 0.265 e. The normalized spacial score (nSPS) is 17.7. The third-order valence-electron chi connectivity index (χ3n) is 7.23. The fraction of sp³-hybridized carbons (Fsp3) is 0.207. The summed E-state index contributed by atoms with van der Waals surface area (Å²) in [5.41, 5.74) is 6.96. The van der Waals surface area contributed by atoms with Crippen molar-refractivity contribution in [1.29, 1.82) is 0 Å². The minimum Gasteiger partial charge on any atom is -0.337 e. The summed E-state index contributed by atoms with van der Waals surface area (Å²) < 4.78 is 15.3. The second kappa shape index (κ2) is 8.99. The number of nitrogens with zero attached hydrogens (tertiary/aromatic N) is 4. The molecule has 7 heteroatoms. The van der Waals surface area contributed by atoms with E-state index in [1.54, 1.807) is 23.8 Å². The van der Waals surface area contributed by atoms with Crippen LogP contribution in [0.4, 0.5) is 4.39 Å². The van der Waals surface area contributed by atoms with Crippen molar-refractivity contribution >= 4 is 28.1 Å². The van der Waals surface area contributed by atoms with Gasteiger partial charge in [-0.1, -0.05) is 30.3 Å². The van der Waals surface area contributed by atoms with Crippen molar-refractivity contribution in [3.05, 3.63) is 112 Å². The van der Waals surface area contributed by atoms with E-state index < -0.39 is 0 Å². The molecule has 3 heterocycles. The molecule has 180 valence electrons. The second-order valence-electron chi connectivity index (χ2n) is 9.54. The lowest BCUT2D eigenvalue weighted by Crippen LogP contribution is -2.36. The first kappa shape index (κ1) is 22.6. The molecule has 0 aliphatic carbocycles. The highest BCUT2D eigenvalue weighted by Crippen LogP contribution is 2.41. The van der Waals surface area contributed by atoms with Gasteiger partial charge in [0.25, 0.3) is 5.91 Å². The Balaban J connectivity index is 1.42. The Bertz CT molecular complexity index is 1530. The van der Waals surface area contributed by atoms with Gasteiger partial charge in [0, 0.05) is 23.9 Å². The van der Waals surface area contributed by atoms with Crippen LogP contribution in [-0.2, 0) is 11.8 Å². The average Bonchev–Trinajstić information content (AvgIpc) is 3.65. The smallest absolute Gasteiger partial charge is 0.265 e. The lowest BCUT2D eigenvalue weighted by molar-refractivity contribution is 0.0787. The number of aryl methyl sites for hydroxylation is 1. The van der Waals surface area contributed by atoms with E-state index in [-0.39, 0.29) is 17.1 Å². The quantitative estimate of drug-likeness (QED) is 0.302. The monoisotopic (exact) mass is 496 g/mol. The van der Waals surface area contributed by atoms with E-state index in [9.17, 15) is 9.18 Å². The van der Waals surface area contributed by atoms with Gasteiger partial charge in [-0.2, -0.15) is 5.10 Å². The third kappa shape index (κ3) is 3.99. The number of amides is 1. The highest BCUT2D eigenvalue weighted by molar-refractivity contribution is 7.11. The molecule has 5 nitrogen and oxygen atoms in total. The number of likely N-dealkylation sites (tertiary alicyclic amines) is 1. The van der Waals surface area contributed by atoms with Gasteiger partial charge in [0.2, 0.25) is 0 Å². The summed E-state index contributed by atoms with van der Waals surface area (Å²) in [7, 11) is 0. The Labute approximate surface area is 212 Å². The number of halogens is 1. The summed E-state index contributed by atoms with van der Waals surface area (Å²) in [6.07, 6.45) is 5.25. The number of hydrogen-bond acceptors (Lipinski definition) is 4. The minimum atomic E-state index is -0.268. The van der Waals surface area contributed by atoms with Gasteiger partial charge in [0.15, 0.2) is 0 Å². The van der Waals surface area contributed by atoms with Crippen LogP contribution in [0.25, 0.3) is 16.6 Å². The number of hydrogen-bond donors (Lipinski definition) is 0. The molecule has 1 unspecified atom stereocenters. The summed E-state index contributed by atoms with van der Waals surface area (Å²) in [5, 5.41) is 5.64. The molecule has 0 saturated carbocycles. The van der Waals surface area contributed by atoms with Crippen LogP contribution in [0.5, 0.6) is 0 Å². The molecule has 3 aromatic carbocycles. The van der Waals surface area contributed by atoms with Crippen LogP contribution in [-0.4, -0.2) is 38.7 Å². The molecule has 0 spiro atoms. The van der Waals surface area contributed by atoms with Gasteiger partial charge < -0.3 is 4.90 Å². The van der Waals surface area contributed by atoms with Crippen molar-refractivity contribution < 1.29 is 9.18 Å². The highest BCUT2D eigenvalue weighted by atomic mass is 32.1. The Morgan fingerprint density at radius 3 is 2.64 bits per heavy atom. The second-order valence-corrected chi connectivity index (χ2v) is 10.4. The van der Waals surface area contributed by atoms with E-state index in [1.165, 1.54) is 34.6 Å². The first-order valence-corrected chi connectivity index (χ1v) is 12.9. The van der Waals surface area contributed by atoms with Crippen molar-refractivity contribution in [3.63, 3.8) is 0 Å². The van der Waals surface area contributed by atoms with Crippen LogP contribution in [0.2, 0.25) is 0 Å². The standard InChI is InChI=1S/C29H25FN4OS/c1-20-13-26-22(16-32-34(26)24-9-7-23(30)8-10-24)14-25(20)29(15-21-5-3-2-4-6-21)11-12-33(18-29)28(35)27-17-31-19-36-27/h2-10,13-14,16-17,19H,11-12,15,18H2,1H3. The molecule has 5 aromatic rings. The molecule has 0 bridgehead atoms. The summed E-state index contributed by atoms with van der Waals surface area (Å²) in [6.45, 7) is 3.49. The van der Waals surface area contributed by atoms with Crippen LogP contribution in [0.1, 0.15) is 32.8 Å². The van der Waals surface area contributed by atoms with E-state index >= 15 is 0 Å². The summed E-state index contributed by atoms with van der Waals surface area (Å²) in [6, 6.07) is 21.3. The molecule has 1 aliphatic rings. The highest BCUT2D eigenvalue weighted by Gasteiger charge is 2.43. The van der Waals surface area contributed by atoms with E-state index in [2.05, 4.69) is 53.4 Å². The lowest BCUT2D eigenvalue weighted by Gasteiger charge is -2.32. The molecule has 6 rings (SSSR count). The number of carbonyl (C=O) groups is 1. The van der Waals surface area contributed by atoms with Crippen LogP contribution in [0.3, 0.4) is 0 Å². The summed E-state index contributed by atoms with van der Waals surface area (Å²) >= 11 is 1.39. The zero-order chi connectivity index (χ0) is 24.7. The number of aromatic nitrogens is 3. The van der Waals surface area contributed by atoms with Crippen molar-refractivity contribution in [2.75, 3.05) is 13.1 Å². The zero-order valence-electron chi connectivity index (χ0n) is 19.9. The van der Waals surface area contributed by atoms with Gasteiger partial charge in [0.05, 0.1) is 29.1 Å². The molecule has 0 N–H and O–H groups in total. The maximum atomic E-state index is 13.5. The van der Waals surface area contributed by atoms with Gasteiger partial charge in [0.1, 0.15) is 10.7 Å². The molecule has 0 radical (unpaired) electrons. The Kier molecular flexibility index (Phi) is 5.64. The molecule has 1 fully saturated rings. The number of benzene rings is 3. The van der Waals surface area contributed by atoms with Gasteiger partial charge >= 0.3 is 0 Å². The Morgan fingerprint density at radius 2 is 1.89 bits per heavy atom. The van der Waals surface area contributed by atoms with Crippen molar-refractivity contribution in [2.45, 2.75) is 25.2 Å². The van der Waals surface area contributed by atoms with Crippen LogP contribution < -0.4 is 0 Å². The van der Waals surface area contributed by atoms with Crippen LogP contribution >= 0.6 is 11.3 Å². The van der Waals surface area contributed by atoms with Crippen molar-refractivity contribution in [2.24, 2.45) is 0 Å². The third-order valence-corrected chi connectivity index (χ3v) is 7.99. The molecule has 1 amide bonds. The number of carbonyl (C=O) groups excluding carboxylic acids is 1. The predicted octanol–water partition coefficient (Wildman–Crippen LogP) is 5.96. The Hall–Kier alpha value is -3.84. The minimum absolute atomic E-state index is 0.0512. The first-order chi connectivity index (χ1) is 17.5. The Morgan fingerprint density at radius 1 is 1.08 bits per heavy atom. The average molecular weight is 497 g/mol. The predicted molar refractivity (Wildman–Crippen MR) is 140 cm³/mol. The molecule has 1 aliphatic heterocycles. The molecule has 2 aromatic heterocycles. The fourth-order valence-corrected chi connectivity index (χ4v) is 6.09. The molecule has 1 atom stereocenters. The van der Waals surface area contributed by atoms with E-state index in [4.69, 9.17) is 0 Å². The molecule has 1 saturated heterocycles.